The Hall–Kier alpha value is -2.17. The number of carbonyl (C=O) groups is 1. The van der Waals surface area contributed by atoms with Gasteiger partial charge in [0.15, 0.2) is 0 Å². The van der Waals surface area contributed by atoms with Crippen LogP contribution in [0.4, 0.5) is 0 Å². The summed E-state index contributed by atoms with van der Waals surface area (Å²) in [6, 6.07) is 14.8. The number of unbranched alkanes of at least 4 members (excludes halogenated alkanes) is 2. The molecule has 4 heteroatoms. The Balaban J connectivity index is 0.000000293. The van der Waals surface area contributed by atoms with Crippen LogP contribution in [-0.2, 0) is 13.2 Å². The molecule has 0 amide bonds. The largest absolute Gasteiger partial charge is 0.478 e. The molecule has 0 unspecified atom stereocenters. The van der Waals surface area contributed by atoms with Gasteiger partial charge in [-0.2, -0.15) is 0 Å². The molecule has 0 aromatic heterocycles. The van der Waals surface area contributed by atoms with Gasteiger partial charge in [-0.25, -0.2) is 4.79 Å². The summed E-state index contributed by atoms with van der Waals surface area (Å²) < 4.78 is 0. The zero-order valence-electron chi connectivity index (χ0n) is 15.2. The number of aryl methyl sites for hydroxylation is 1. The van der Waals surface area contributed by atoms with Crippen molar-refractivity contribution in [2.45, 2.75) is 46.3 Å². The third-order valence-corrected chi connectivity index (χ3v) is 3.79. The summed E-state index contributed by atoms with van der Waals surface area (Å²) >= 11 is 0. The summed E-state index contributed by atoms with van der Waals surface area (Å²) in [5.74, 6) is -0.873. The van der Waals surface area contributed by atoms with E-state index in [9.17, 15) is 4.79 Å². The molecule has 0 heterocycles. The van der Waals surface area contributed by atoms with E-state index >= 15 is 0 Å². The van der Waals surface area contributed by atoms with Gasteiger partial charge < -0.3 is 15.5 Å². The average molecular weight is 343 g/mol. The van der Waals surface area contributed by atoms with E-state index in [0.29, 0.717) is 5.56 Å². The smallest absolute Gasteiger partial charge is 0.335 e. The van der Waals surface area contributed by atoms with Crippen LogP contribution in [0.15, 0.2) is 48.5 Å². The number of aliphatic hydroxyl groups excluding tert-OH is 1. The Morgan fingerprint density at radius 3 is 2.08 bits per heavy atom. The van der Waals surface area contributed by atoms with Gasteiger partial charge in [-0.15, -0.1) is 0 Å². The van der Waals surface area contributed by atoms with Crippen molar-refractivity contribution in [2.75, 3.05) is 6.54 Å². The molecule has 0 radical (unpaired) electrons. The third kappa shape index (κ3) is 9.03. The molecule has 0 saturated carbocycles. The van der Waals surface area contributed by atoms with Crippen LogP contribution in [0.25, 0.3) is 0 Å². The highest BCUT2D eigenvalue weighted by Gasteiger charge is 2.00. The first-order chi connectivity index (χ1) is 12.1. The van der Waals surface area contributed by atoms with Gasteiger partial charge in [0.05, 0.1) is 12.2 Å². The molecule has 0 bridgehead atoms. The van der Waals surface area contributed by atoms with Crippen molar-refractivity contribution in [3.63, 3.8) is 0 Å². The summed E-state index contributed by atoms with van der Waals surface area (Å²) in [6.45, 7) is 6.18. The minimum Gasteiger partial charge on any atom is -0.478 e. The van der Waals surface area contributed by atoms with Crippen LogP contribution in [-0.4, -0.2) is 22.7 Å². The fraction of sp³-hybridized carbons (Fsp3) is 0.381. The monoisotopic (exact) mass is 343 g/mol. The highest BCUT2D eigenvalue weighted by atomic mass is 16.4. The number of hydrogen-bond donors (Lipinski definition) is 3. The number of carboxylic acid groups (broad SMARTS) is 1. The lowest BCUT2D eigenvalue weighted by Gasteiger charge is -2.04. The van der Waals surface area contributed by atoms with E-state index in [4.69, 9.17) is 10.2 Å². The van der Waals surface area contributed by atoms with E-state index in [2.05, 4.69) is 12.2 Å². The molecule has 2 aromatic rings. The molecule has 2 rings (SSSR count). The first-order valence-electron chi connectivity index (χ1n) is 8.76. The fourth-order valence-electron chi connectivity index (χ4n) is 2.19. The van der Waals surface area contributed by atoms with Gasteiger partial charge >= 0.3 is 5.97 Å². The van der Waals surface area contributed by atoms with Crippen LogP contribution in [0.1, 0.15) is 53.2 Å². The molecule has 0 spiro atoms. The van der Waals surface area contributed by atoms with Crippen LogP contribution in [0.3, 0.4) is 0 Å². The maximum Gasteiger partial charge on any atom is 0.335 e. The number of aromatic carboxylic acids is 1. The lowest BCUT2D eigenvalue weighted by atomic mass is 10.1. The summed E-state index contributed by atoms with van der Waals surface area (Å²) in [5.41, 5.74) is 3.67. The van der Waals surface area contributed by atoms with Crippen LogP contribution in [0.2, 0.25) is 0 Å². The minimum atomic E-state index is -0.873. The van der Waals surface area contributed by atoms with Crippen molar-refractivity contribution in [3.05, 3.63) is 70.8 Å². The molecule has 0 aliphatic carbocycles. The number of aliphatic hydroxyl groups is 1. The zero-order valence-corrected chi connectivity index (χ0v) is 15.2. The lowest BCUT2D eigenvalue weighted by molar-refractivity contribution is 0.0697. The fourth-order valence-corrected chi connectivity index (χ4v) is 2.19. The molecule has 0 aliphatic rings. The number of rotatable bonds is 8. The van der Waals surface area contributed by atoms with E-state index in [1.165, 1.54) is 24.8 Å². The van der Waals surface area contributed by atoms with Crippen molar-refractivity contribution in [1.82, 2.24) is 5.32 Å². The van der Waals surface area contributed by atoms with E-state index in [-0.39, 0.29) is 6.61 Å². The van der Waals surface area contributed by atoms with Crippen molar-refractivity contribution in [1.29, 1.82) is 0 Å². The first-order valence-corrected chi connectivity index (χ1v) is 8.76. The minimum absolute atomic E-state index is 0.139. The summed E-state index contributed by atoms with van der Waals surface area (Å²) in [6.07, 6.45) is 3.68. The first kappa shape index (κ1) is 20.9. The van der Waals surface area contributed by atoms with E-state index in [0.717, 1.165) is 24.2 Å². The Kier molecular flexibility index (Phi) is 10.2. The highest BCUT2D eigenvalue weighted by molar-refractivity contribution is 5.87. The standard InChI is InChI=1S/C13H19NO2.C8H10O/c1-2-3-4-9-14-10-11-5-7-12(8-6-11)13(15)16;1-7-2-4-8(6-9)5-3-7/h5-8,14H,2-4,9-10H2,1H3,(H,15,16);2-5,9H,6H2,1H3. The number of hydrogen-bond acceptors (Lipinski definition) is 3. The lowest BCUT2D eigenvalue weighted by Crippen LogP contribution is -2.14. The van der Waals surface area contributed by atoms with Crippen molar-refractivity contribution >= 4 is 5.97 Å². The number of carboxylic acids is 1. The van der Waals surface area contributed by atoms with Gasteiger partial charge in [-0.05, 0) is 43.1 Å². The maximum absolute atomic E-state index is 10.6. The molecule has 0 fully saturated rings. The van der Waals surface area contributed by atoms with Gasteiger partial charge in [0.25, 0.3) is 0 Å². The van der Waals surface area contributed by atoms with Crippen LogP contribution >= 0.6 is 0 Å². The highest BCUT2D eigenvalue weighted by Crippen LogP contribution is 2.04. The van der Waals surface area contributed by atoms with Crippen LogP contribution in [0, 0.1) is 6.92 Å². The van der Waals surface area contributed by atoms with Gasteiger partial charge in [0.1, 0.15) is 0 Å². The molecule has 3 N–H and O–H groups in total. The van der Waals surface area contributed by atoms with Crippen molar-refractivity contribution in [2.24, 2.45) is 0 Å². The van der Waals surface area contributed by atoms with E-state index in [1.54, 1.807) is 12.1 Å². The summed E-state index contributed by atoms with van der Waals surface area (Å²) in [5, 5.41) is 20.7. The van der Waals surface area contributed by atoms with E-state index < -0.39 is 5.97 Å². The molecule has 0 saturated heterocycles. The van der Waals surface area contributed by atoms with Crippen LogP contribution in [0.5, 0.6) is 0 Å². The van der Waals surface area contributed by atoms with Crippen molar-refractivity contribution in [3.8, 4) is 0 Å². The van der Waals surface area contributed by atoms with Crippen LogP contribution < -0.4 is 5.32 Å². The van der Waals surface area contributed by atoms with Gasteiger partial charge in [-0.1, -0.05) is 61.7 Å². The van der Waals surface area contributed by atoms with E-state index in [1.807, 2.05) is 43.3 Å². The van der Waals surface area contributed by atoms with Gasteiger partial charge in [-0.3, -0.25) is 0 Å². The van der Waals surface area contributed by atoms with Crippen molar-refractivity contribution < 1.29 is 15.0 Å². The Bertz CT molecular complexity index is 606. The quantitative estimate of drug-likeness (QED) is 0.630. The van der Waals surface area contributed by atoms with Gasteiger partial charge in [0, 0.05) is 6.54 Å². The number of nitrogens with one attached hydrogen (secondary N) is 1. The second kappa shape index (κ2) is 12.2. The average Bonchev–Trinajstić information content (AvgIpc) is 2.63. The summed E-state index contributed by atoms with van der Waals surface area (Å²) in [4.78, 5) is 10.6. The zero-order chi connectivity index (χ0) is 18.5. The molecule has 25 heavy (non-hydrogen) atoms. The maximum atomic E-state index is 10.6. The normalized spacial score (nSPS) is 10.0. The predicted molar refractivity (Wildman–Crippen MR) is 102 cm³/mol. The topological polar surface area (TPSA) is 69.6 Å². The summed E-state index contributed by atoms with van der Waals surface area (Å²) in [7, 11) is 0. The molecule has 4 nitrogen and oxygen atoms in total. The second-order valence-corrected chi connectivity index (χ2v) is 6.03. The molecule has 0 aliphatic heterocycles. The molecular formula is C21H29NO3. The Morgan fingerprint density at radius 1 is 0.960 bits per heavy atom. The molecule has 0 atom stereocenters. The Morgan fingerprint density at radius 2 is 1.56 bits per heavy atom. The SMILES string of the molecule is CCCCCNCc1ccc(C(=O)O)cc1.Cc1ccc(CO)cc1. The number of benzene rings is 2. The molecule has 136 valence electrons. The third-order valence-electron chi connectivity index (χ3n) is 3.79. The van der Waals surface area contributed by atoms with Gasteiger partial charge in [0.2, 0.25) is 0 Å². The predicted octanol–water partition coefficient (Wildman–Crippen LogP) is 4.15. The molecular weight excluding hydrogens is 314 g/mol. The Labute approximate surface area is 150 Å². The second-order valence-electron chi connectivity index (χ2n) is 6.03. The molecule has 2 aromatic carbocycles.